The Labute approximate surface area is 195 Å². The van der Waals surface area contributed by atoms with E-state index < -0.39 is 0 Å². The van der Waals surface area contributed by atoms with Gasteiger partial charge in [0.15, 0.2) is 0 Å². The number of alkyl carbamates (subject to hydrolysis) is 1. The number of hydrogen-bond acceptors (Lipinski definition) is 4. The number of carbonyl (C=O) groups excluding carboxylic acids is 1. The molecule has 3 aromatic rings. The van der Waals surface area contributed by atoms with E-state index in [9.17, 15) is 4.79 Å². The first-order chi connectivity index (χ1) is 16.0. The van der Waals surface area contributed by atoms with Gasteiger partial charge in [0.1, 0.15) is 6.10 Å². The maximum absolute atomic E-state index is 12.9. The van der Waals surface area contributed by atoms with Gasteiger partial charge in [-0.25, -0.2) is 4.79 Å². The van der Waals surface area contributed by atoms with Crippen molar-refractivity contribution < 1.29 is 9.53 Å². The zero-order valence-corrected chi connectivity index (χ0v) is 19.4. The number of aromatic nitrogens is 1. The lowest BCUT2D eigenvalue weighted by Crippen LogP contribution is -2.53. The summed E-state index contributed by atoms with van der Waals surface area (Å²) in [5.41, 5.74) is 5.71. The van der Waals surface area contributed by atoms with Crippen LogP contribution in [0.1, 0.15) is 43.9 Å². The first kappa shape index (κ1) is 20.7. The van der Waals surface area contributed by atoms with E-state index in [2.05, 4.69) is 59.4 Å². The predicted molar refractivity (Wildman–Crippen MR) is 130 cm³/mol. The minimum atomic E-state index is -0.275. The van der Waals surface area contributed by atoms with Crippen LogP contribution in [0, 0.1) is 11.3 Å². The van der Waals surface area contributed by atoms with E-state index in [1.54, 1.807) is 0 Å². The van der Waals surface area contributed by atoms with Gasteiger partial charge in [0.05, 0.1) is 11.6 Å². The Morgan fingerprint density at radius 2 is 1.91 bits per heavy atom. The second kappa shape index (κ2) is 7.84. The molecular weight excluding hydrogens is 410 g/mol. The summed E-state index contributed by atoms with van der Waals surface area (Å²) in [6.07, 6.45) is 4.90. The Morgan fingerprint density at radius 1 is 1.09 bits per heavy atom. The molecule has 3 aliphatic heterocycles. The maximum atomic E-state index is 12.9. The number of nitrogens with zero attached hydrogens (tertiary/aromatic N) is 2. The smallest absolute Gasteiger partial charge is 0.407 e. The van der Waals surface area contributed by atoms with Crippen LogP contribution in [0.4, 0.5) is 4.79 Å². The molecule has 7 rings (SSSR count). The lowest BCUT2D eigenvalue weighted by atomic mass is 9.85. The SMILES string of the molecule is CC1(C)Cc2cc(-c3cnc4ccccc4c3)ccc2C1NC(=O)O[C@@H]1CN2CCC1CC2. The van der Waals surface area contributed by atoms with Crippen molar-refractivity contribution >= 4 is 17.0 Å². The quantitative estimate of drug-likeness (QED) is 0.596. The number of piperidine rings is 3. The fourth-order valence-electron chi connectivity index (χ4n) is 6.07. The third-order valence-corrected chi connectivity index (χ3v) is 7.92. The van der Waals surface area contributed by atoms with Crippen LogP contribution in [0.15, 0.2) is 54.7 Å². The molecule has 1 N–H and O–H groups in total. The molecule has 1 unspecified atom stereocenters. The van der Waals surface area contributed by atoms with E-state index in [1.807, 2.05) is 24.4 Å². The van der Waals surface area contributed by atoms with Crippen LogP contribution in [0.2, 0.25) is 0 Å². The summed E-state index contributed by atoms with van der Waals surface area (Å²) < 4.78 is 5.93. The molecule has 2 atom stereocenters. The molecule has 33 heavy (non-hydrogen) atoms. The van der Waals surface area contributed by atoms with E-state index >= 15 is 0 Å². The van der Waals surface area contributed by atoms with E-state index in [0.717, 1.165) is 55.4 Å². The standard InChI is InChI=1S/C28H31N3O2/c1-28(2)15-21-13-19(22-14-20-5-3-4-6-24(20)29-16-22)7-8-23(21)26(28)30-27(32)33-25-17-31-11-9-18(25)10-12-31/h3-8,13-14,16,18,25-26H,9-12,15,17H2,1-2H3,(H,30,32)/t25-,26?/m1/s1. The van der Waals surface area contributed by atoms with Crippen molar-refractivity contribution in [1.82, 2.24) is 15.2 Å². The summed E-state index contributed by atoms with van der Waals surface area (Å²) in [6, 6.07) is 16.9. The van der Waals surface area contributed by atoms with Gasteiger partial charge in [-0.15, -0.1) is 0 Å². The molecule has 1 aliphatic carbocycles. The molecule has 3 saturated heterocycles. The van der Waals surface area contributed by atoms with Crippen molar-refractivity contribution in [2.75, 3.05) is 19.6 Å². The maximum Gasteiger partial charge on any atom is 0.407 e. The summed E-state index contributed by atoms with van der Waals surface area (Å²) in [6.45, 7) is 7.62. The molecule has 5 heteroatoms. The van der Waals surface area contributed by atoms with E-state index in [-0.39, 0.29) is 23.7 Å². The third-order valence-electron chi connectivity index (χ3n) is 7.92. The highest BCUT2D eigenvalue weighted by Gasteiger charge is 2.42. The zero-order valence-electron chi connectivity index (χ0n) is 19.4. The first-order valence-corrected chi connectivity index (χ1v) is 12.1. The summed E-state index contributed by atoms with van der Waals surface area (Å²) in [5, 5.41) is 4.37. The van der Waals surface area contributed by atoms with Crippen LogP contribution in [0.25, 0.3) is 22.0 Å². The Morgan fingerprint density at radius 3 is 2.70 bits per heavy atom. The van der Waals surface area contributed by atoms with Gasteiger partial charge in [-0.05, 0) is 72.5 Å². The zero-order chi connectivity index (χ0) is 22.6. The number of carbonyl (C=O) groups is 1. The number of ether oxygens (including phenoxy) is 1. The second-order valence-electron chi connectivity index (χ2n) is 10.7. The van der Waals surface area contributed by atoms with Gasteiger partial charge in [0.2, 0.25) is 0 Å². The number of para-hydroxylation sites is 1. The Hall–Kier alpha value is -2.92. The number of benzene rings is 2. The average molecular weight is 442 g/mol. The molecule has 4 heterocycles. The lowest BCUT2D eigenvalue weighted by molar-refractivity contribution is -0.0348. The average Bonchev–Trinajstić information content (AvgIpc) is 3.08. The molecule has 5 nitrogen and oxygen atoms in total. The van der Waals surface area contributed by atoms with Crippen molar-refractivity contribution in [2.24, 2.45) is 11.3 Å². The topological polar surface area (TPSA) is 54.5 Å². The van der Waals surface area contributed by atoms with Crippen molar-refractivity contribution in [3.05, 3.63) is 65.9 Å². The number of hydrogen-bond donors (Lipinski definition) is 1. The molecule has 170 valence electrons. The number of pyridine rings is 1. The highest BCUT2D eigenvalue weighted by atomic mass is 16.6. The monoisotopic (exact) mass is 441 g/mol. The normalized spacial score (nSPS) is 27.3. The van der Waals surface area contributed by atoms with Crippen LogP contribution in [0.3, 0.4) is 0 Å². The van der Waals surface area contributed by atoms with Crippen LogP contribution in [-0.4, -0.2) is 41.7 Å². The van der Waals surface area contributed by atoms with Gasteiger partial charge in [0, 0.05) is 23.7 Å². The molecule has 4 aliphatic rings. The van der Waals surface area contributed by atoms with Gasteiger partial charge in [-0.1, -0.05) is 50.2 Å². The van der Waals surface area contributed by atoms with E-state index in [4.69, 9.17) is 4.74 Å². The fourth-order valence-corrected chi connectivity index (χ4v) is 6.07. The number of rotatable bonds is 3. The summed E-state index contributed by atoms with van der Waals surface area (Å²) in [5.74, 6) is 0.516. The molecule has 0 saturated carbocycles. The third kappa shape index (κ3) is 3.78. The molecule has 1 aromatic heterocycles. The van der Waals surface area contributed by atoms with Gasteiger partial charge in [-0.2, -0.15) is 0 Å². The minimum Gasteiger partial charge on any atom is -0.445 e. The number of amides is 1. The van der Waals surface area contributed by atoms with Crippen LogP contribution in [0.5, 0.6) is 0 Å². The first-order valence-electron chi connectivity index (χ1n) is 12.1. The van der Waals surface area contributed by atoms with E-state index in [1.165, 1.54) is 16.7 Å². The van der Waals surface area contributed by atoms with Crippen LogP contribution >= 0.6 is 0 Å². The predicted octanol–water partition coefficient (Wildman–Crippen LogP) is 5.35. The Kier molecular flexibility index (Phi) is 4.91. The number of fused-ring (bicyclic) bond motifs is 5. The summed E-state index contributed by atoms with van der Waals surface area (Å²) in [4.78, 5) is 19.9. The largest absolute Gasteiger partial charge is 0.445 e. The van der Waals surface area contributed by atoms with Gasteiger partial charge in [0.25, 0.3) is 0 Å². The molecule has 3 fully saturated rings. The van der Waals surface area contributed by atoms with Crippen LogP contribution in [-0.2, 0) is 11.2 Å². The number of nitrogens with one attached hydrogen (secondary N) is 1. The van der Waals surface area contributed by atoms with Gasteiger partial charge in [-0.3, -0.25) is 9.88 Å². The fraction of sp³-hybridized carbons (Fsp3) is 0.429. The van der Waals surface area contributed by atoms with Crippen molar-refractivity contribution in [2.45, 2.75) is 45.3 Å². The second-order valence-corrected chi connectivity index (χ2v) is 10.7. The molecule has 0 radical (unpaired) electrons. The Bertz CT molecular complexity index is 1210. The summed E-state index contributed by atoms with van der Waals surface area (Å²) >= 11 is 0. The molecule has 2 bridgehead atoms. The molecule has 0 spiro atoms. The van der Waals surface area contributed by atoms with Crippen molar-refractivity contribution in [3.63, 3.8) is 0 Å². The highest BCUT2D eigenvalue weighted by Crippen LogP contribution is 2.46. The van der Waals surface area contributed by atoms with Crippen molar-refractivity contribution in [1.29, 1.82) is 0 Å². The van der Waals surface area contributed by atoms with Gasteiger partial charge < -0.3 is 10.1 Å². The molecule has 1 amide bonds. The Balaban J connectivity index is 1.22. The van der Waals surface area contributed by atoms with E-state index in [0.29, 0.717) is 5.92 Å². The highest BCUT2D eigenvalue weighted by molar-refractivity contribution is 5.83. The van der Waals surface area contributed by atoms with Gasteiger partial charge >= 0.3 is 6.09 Å². The summed E-state index contributed by atoms with van der Waals surface area (Å²) in [7, 11) is 0. The van der Waals surface area contributed by atoms with Crippen molar-refractivity contribution in [3.8, 4) is 11.1 Å². The minimum absolute atomic E-state index is 0.0271. The molecular formula is C28H31N3O2. The lowest BCUT2D eigenvalue weighted by Gasteiger charge is -2.44. The van der Waals surface area contributed by atoms with Crippen LogP contribution < -0.4 is 5.32 Å². The molecule has 2 aromatic carbocycles.